The average Bonchev–Trinajstić information content (AvgIpc) is 3.48. The Morgan fingerprint density at radius 1 is 0.844 bits per heavy atom. The molecule has 0 radical (unpaired) electrons. The lowest BCUT2D eigenvalue weighted by molar-refractivity contribution is -0.132. The minimum absolute atomic E-state index is 0.176. The normalized spacial score (nSPS) is 12.3. The molecule has 2 aromatic rings. The van der Waals surface area contributed by atoms with Crippen molar-refractivity contribution >= 4 is 5.91 Å². The number of hydrogen-bond acceptors (Lipinski definition) is 4. The van der Waals surface area contributed by atoms with Crippen LogP contribution in [0.2, 0.25) is 0 Å². The predicted molar refractivity (Wildman–Crippen MR) is 127 cm³/mol. The molecule has 0 fully saturated rings. The van der Waals surface area contributed by atoms with Crippen LogP contribution in [0.1, 0.15) is 95.3 Å². The summed E-state index contributed by atoms with van der Waals surface area (Å²) in [5.41, 5.74) is 1.04. The molecule has 5 heteroatoms. The van der Waals surface area contributed by atoms with E-state index in [-0.39, 0.29) is 12.7 Å². The molecule has 1 amide bonds. The van der Waals surface area contributed by atoms with Gasteiger partial charge in [0, 0.05) is 13.0 Å². The molecule has 5 nitrogen and oxygen atoms in total. The van der Waals surface area contributed by atoms with Gasteiger partial charge in [-0.2, -0.15) is 0 Å². The first-order chi connectivity index (χ1) is 15.8. The van der Waals surface area contributed by atoms with Crippen LogP contribution in [0.3, 0.4) is 0 Å². The summed E-state index contributed by atoms with van der Waals surface area (Å²) in [5, 5.41) is 0. The van der Waals surface area contributed by atoms with Gasteiger partial charge in [0.15, 0.2) is 11.5 Å². The summed E-state index contributed by atoms with van der Waals surface area (Å²) in [6, 6.07) is 9.66. The molecule has 1 aromatic carbocycles. The second kappa shape index (κ2) is 13.9. The molecule has 0 unspecified atom stereocenters. The van der Waals surface area contributed by atoms with Crippen LogP contribution in [0.25, 0.3) is 0 Å². The Labute approximate surface area is 193 Å². The van der Waals surface area contributed by atoms with Crippen LogP contribution in [0.4, 0.5) is 0 Å². The topological polar surface area (TPSA) is 51.9 Å². The van der Waals surface area contributed by atoms with E-state index in [1.165, 1.54) is 57.8 Å². The first-order valence-electron chi connectivity index (χ1n) is 12.4. The van der Waals surface area contributed by atoms with Gasteiger partial charge in [-0.3, -0.25) is 4.79 Å². The summed E-state index contributed by atoms with van der Waals surface area (Å²) in [7, 11) is 0. The van der Waals surface area contributed by atoms with Crippen molar-refractivity contribution in [2.45, 2.75) is 97.1 Å². The average molecular weight is 442 g/mol. The third-order valence-electron chi connectivity index (χ3n) is 6.08. The monoisotopic (exact) mass is 441 g/mol. The number of carbonyl (C=O) groups is 1. The van der Waals surface area contributed by atoms with Gasteiger partial charge >= 0.3 is 0 Å². The molecule has 0 saturated heterocycles. The Kier molecular flexibility index (Phi) is 10.5. The van der Waals surface area contributed by atoms with Crippen molar-refractivity contribution in [1.29, 1.82) is 0 Å². The molecule has 0 atom stereocenters. The number of fused-ring (bicyclic) bond motifs is 1. The number of amides is 1. The Morgan fingerprint density at radius 2 is 1.53 bits per heavy atom. The highest BCUT2D eigenvalue weighted by atomic mass is 16.7. The van der Waals surface area contributed by atoms with Gasteiger partial charge in [0.1, 0.15) is 5.76 Å². The lowest BCUT2D eigenvalue weighted by Crippen LogP contribution is -2.29. The molecule has 3 rings (SSSR count). The maximum absolute atomic E-state index is 13.0. The van der Waals surface area contributed by atoms with Crippen LogP contribution < -0.4 is 9.47 Å². The minimum Gasteiger partial charge on any atom is -0.467 e. The van der Waals surface area contributed by atoms with E-state index in [4.69, 9.17) is 13.9 Å². The number of ether oxygens (including phenoxy) is 2. The number of furan rings is 1. The molecule has 176 valence electrons. The second-order valence-electron chi connectivity index (χ2n) is 8.80. The van der Waals surface area contributed by atoms with Crippen LogP contribution in [0.15, 0.2) is 41.0 Å². The van der Waals surface area contributed by atoms with Crippen molar-refractivity contribution < 1.29 is 18.7 Å². The summed E-state index contributed by atoms with van der Waals surface area (Å²) >= 11 is 0. The lowest BCUT2D eigenvalue weighted by atomic mass is 10.0. The molecule has 1 aliphatic heterocycles. The first kappa shape index (κ1) is 24.2. The molecule has 2 heterocycles. The first-order valence-corrected chi connectivity index (χ1v) is 12.4. The van der Waals surface area contributed by atoms with Crippen molar-refractivity contribution in [2.75, 3.05) is 6.79 Å². The minimum atomic E-state index is 0.176. The standard InChI is InChI=1S/C27H39NO4/c1-2-3-4-5-6-7-8-9-10-11-12-15-27(29)28(21-24-14-13-18-30-24)20-23-16-17-25-26(19-23)32-22-31-25/h13-14,16-19H,2-12,15,20-22H2,1H3. The number of carbonyl (C=O) groups excluding carboxylic acids is 1. The quantitative estimate of drug-likeness (QED) is 0.258. The summed E-state index contributed by atoms with van der Waals surface area (Å²) in [4.78, 5) is 14.9. The van der Waals surface area contributed by atoms with Gasteiger partial charge in [-0.15, -0.1) is 0 Å². The fourth-order valence-electron chi connectivity index (χ4n) is 4.18. The molecule has 0 spiro atoms. The Hall–Kier alpha value is -2.43. The van der Waals surface area contributed by atoms with E-state index in [0.29, 0.717) is 19.5 Å². The summed E-state index contributed by atoms with van der Waals surface area (Å²) < 4.78 is 16.4. The van der Waals surface area contributed by atoms with Crippen molar-refractivity contribution in [3.8, 4) is 11.5 Å². The molecule has 1 aliphatic rings. The molecule has 0 bridgehead atoms. The fraction of sp³-hybridized carbons (Fsp3) is 0.593. The number of hydrogen-bond donors (Lipinski definition) is 0. The van der Waals surface area contributed by atoms with E-state index in [2.05, 4.69) is 6.92 Å². The zero-order valence-electron chi connectivity index (χ0n) is 19.7. The third kappa shape index (κ3) is 8.25. The Bertz CT molecular complexity index is 787. The SMILES string of the molecule is CCCCCCCCCCCCCC(=O)N(Cc1ccc2c(c1)OCO2)Cc1ccco1. The summed E-state index contributed by atoms with van der Waals surface area (Å²) in [5.74, 6) is 2.49. The smallest absolute Gasteiger partial charge is 0.231 e. The van der Waals surface area contributed by atoms with E-state index >= 15 is 0 Å². The van der Waals surface area contributed by atoms with E-state index < -0.39 is 0 Å². The summed E-state index contributed by atoms with van der Waals surface area (Å²) in [6.07, 6.45) is 16.3. The van der Waals surface area contributed by atoms with Gasteiger partial charge in [0.25, 0.3) is 0 Å². The zero-order valence-corrected chi connectivity index (χ0v) is 19.7. The number of benzene rings is 1. The van der Waals surface area contributed by atoms with Crippen LogP contribution >= 0.6 is 0 Å². The molecule has 32 heavy (non-hydrogen) atoms. The Balaban J connectivity index is 1.38. The molecule has 1 aromatic heterocycles. The molecule has 0 saturated carbocycles. The highest BCUT2D eigenvalue weighted by Crippen LogP contribution is 2.33. The number of nitrogens with zero attached hydrogens (tertiary/aromatic N) is 1. The van der Waals surface area contributed by atoms with Crippen molar-refractivity contribution in [1.82, 2.24) is 4.90 Å². The van der Waals surface area contributed by atoms with E-state index in [1.807, 2.05) is 35.2 Å². The van der Waals surface area contributed by atoms with Crippen LogP contribution in [-0.4, -0.2) is 17.6 Å². The van der Waals surface area contributed by atoms with Crippen molar-refractivity contribution in [2.24, 2.45) is 0 Å². The highest BCUT2D eigenvalue weighted by Gasteiger charge is 2.18. The van der Waals surface area contributed by atoms with Crippen LogP contribution in [-0.2, 0) is 17.9 Å². The lowest BCUT2D eigenvalue weighted by Gasteiger charge is -2.22. The van der Waals surface area contributed by atoms with Crippen LogP contribution in [0, 0.1) is 0 Å². The van der Waals surface area contributed by atoms with Crippen molar-refractivity contribution in [3.05, 3.63) is 47.9 Å². The highest BCUT2D eigenvalue weighted by molar-refractivity contribution is 5.76. The van der Waals surface area contributed by atoms with E-state index in [1.54, 1.807) is 6.26 Å². The predicted octanol–water partition coefficient (Wildman–Crippen LogP) is 7.24. The third-order valence-corrected chi connectivity index (χ3v) is 6.08. The largest absolute Gasteiger partial charge is 0.467 e. The maximum Gasteiger partial charge on any atom is 0.231 e. The zero-order chi connectivity index (χ0) is 22.4. The second-order valence-corrected chi connectivity index (χ2v) is 8.80. The molecular formula is C27H39NO4. The Morgan fingerprint density at radius 3 is 2.22 bits per heavy atom. The number of unbranched alkanes of at least 4 members (excludes halogenated alkanes) is 10. The van der Waals surface area contributed by atoms with Gasteiger partial charge < -0.3 is 18.8 Å². The molecular weight excluding hydrogens is 402 g/mol. The van der Waals surface area contributed by atoms with E-state index in [0.717, 1.165) is 35.7 Å². The van der Waals surface area contributed by atoms with Gasteiger partial charge in [-0.05, 0) is 36.2 Å². The van der Waals surface area contributed by atoms with E-state index in [9.17, 15) is 4.79 Å². The van der Waals surface area contributed by atoms with Gasteiger partial charge in [-0.25, -0.2) is 0 Å². The van der Waals surface area contributed by atoms with Crippen LogP contribution in [0.5, 0.6) is 11.5 Å². The molecule has 0 N–H and O–H groups in total. The fourth-order valence-corrected chi connectivity index (χ4v) is 4.18. The number of rotatable bonds is 16. The van der Waals surface area contributed by atoms with Gasteiger partial charge in [0.05, 0.1) is 12.8 Å². The van der Waals surface area contributed by atoms with Gasteiger partial charge in [0.2, 0.25) is 12.7 Å². The van der Waals surface area contributed by atoms with Crippen molar-refractivity contribution in [3.63, 3.8) is 0 Å². The molecule has 0 aliphatic carbocycles. The summed E-state index contributed by atoms with van der Waals surface area (Å²) in [6.45, 7) is 3.54. The van der Waals surface area contributed by atoms with Gasteiger partial charge in [-0.1, -0.05) is 77.2 Å². The maximum atomic E-state index is 13.0.